The summed E-state index contributed by atoms with van der Waals surface area (Å²) in [5.41, 5.74) is 8.83. The monoisotopic (exact) mass is 251 g/mol. The summed E-state index contributed by atoms with van der Waals surface area (Å²) in [4.78, 5) is 0. The molecule has 1 aromatic carbocycles. The Kier molecular flexibility index (Phi) is 2.43. The lowest BCUT2D eigenvalue weighted by atomic mass is 9.88. The minimum atomic E-state index is 0.171. The molecule has 3 heteroatoms. The Bertz CT molecular complexity index is 466. The van der Waals surface area contributed by atoms with E-state index in [1.54, 1.807) is 0 Å². The molecule has 0 spiro atoms. The van der Waals surface area contributed by atoms with Gasteiger partial charge in [0.25, 0.3) is 0 Å². The van der Waals surface area contributed by atoms with E-state index in [-0.39, 0.29) is 17.6 Å². The molecule has 1 aliphatic carbocycles. The zero-order valence-corrected chi connectivity index (χ0v) is 11.1. The highest BCUT2D eigenvalue weighted by Gasteiger charge is 2.48. The van der Waals surface area contributed by atoms with Crippen LogP contribution in [0.2, 0.25) is 5.02 Å². The predicted octanol–water partition coefficient (Wildman–Crippen LogP) is 3.04. The fourth-order valence-electron chi connectivity index (χ4n) is 2.92. The molecule has 1 fully saturated rings. The summed E-state index contributed by atoms with van der Waals surface area (Å²) >= 11 is 6.31. The van der Waals surface area contributed by atoms with Gasteiger partial charge < -0.3 is 10.5 Å². The van der Waals surface area contributed by atoms with Crippen LogP contribution in [-0.4, -0.2) is 12.1 Å². The smallest absolute Gasteiger partial charge is 0.141 e. The molecule has 1 aliphatic heterocycles. The van der Waals surface area contributed by atoms with Crippen molar-refractivity contribution in [1.29, 1.82) is 0 Å². The van der Waals surface area contributed by atoms with Gasteiger partial charge in [-0.15, -0.1) is 0 Å². The Morgan fingerprint density at radius 1 is 1.47 bits per heavy atom. The molecule has 2 N–H and O–H groups in total. The van der Waals surface area contributed by atoms with Crippen LogP contribution in [0.4, 0.5) is 0 Å². The molecule has 92 valence electrons. The van der Waals surface area contributed by atoms with E-state index in [9.17, 15) is 0 Å². The van der Waals surface area contributed by atoms with Gasteiger partial charge in [-0.2, -0.15) is 0 Å². The minimum absolute atomic E-state index is 0.171. The summed E-state index contributed by atoms with van der Waals surface area (Å²) < 4.78 is 5.72. The normalized spacial score (nSPS) is 26.2. The van der Waals surface area contributed by atoms with Gasteiger partial charge in [0.1, 0.15) is 11.9 Å². The Labute approximate surface area is 107 Å². The van der Waals surface area contributed by atoms with Gasteiger partial charge in [-0.25, -0.2) is 0 Å². The van der Waals surface area contributed by atoms with Crippen LogP contribution in [0.15, 0.2) is 12.1 Å². The average molecular weight is 252 g/mol. The van der Waals surface area contributed by atoms with Crippen LogP contribution in [0.25, 0.3) is 0 Å². The van der Waals surface area contributed by atoms with Crippen molar-refractivity contribution >= 4 is 11.6 Å². The first-order valence-corrected chi connectivity index (χ1v) is 6.66. The van der Waals surface area contributed by atoms with Crippen LogP contribution >= 0.6 is 11.6 Å². The highest BCUT2D eigenvalue weighted by Crippen LogP contribution is 2.52. The van der Waals surface area contributed by atoms with Crippen molar-refractivity contribution in [2.24, 2.45) is 5.73 Å². The summed E-state index contributed by atoms with van der Waals surface area (Å²) in [6.45, 7) is 4.17. The Hall–Kier alpha value is -0.730. The van der Waals surface area contributed by atoms with Crippen molar-refractivity contribution < 1.29 is 4.74 Å². The van der Waals surface area contributed by atoms with Gasteiger partial charge >= 0.3 is 0 Å². The molecule has 2 unspecified atom stereocenters. The summed E-state index contributed by atoms with van der Waals surface area (Å²) in [6, 6.07) is 4.49. The molecule has 17 heavy (non-hydrogen) atoms. The van der Waals surface area contributed by atoms with Crippen LogP contribution in [0.5, 0.6) is 5.75 Å². The molecule has 3 rings (SSSR count). The Morgan fingerprint density at radius 2 is 2.18 bits per heavy atom. The number of fused-ring (bicyclic) bond motifs is 1. The lowest BCUT2D eigenvalue weighted by Crippen LogP contribution is -2.31. The third-order valence-electron chi connectivity index (χ3n) is 4.18. The minimum Gasteiger partial charge on any atom is -0.489 e. The van der Waals surface area contributed by atoms with Gasteiger partial charge in [0.15, 0.2) is 0 Å². The molecule has 2 atom stereocenters. The van der Waals surface area contributed by atoms with Gasteiger partial charge in [0, 0.05) is 17.9 Å². The molecular weight excluding hydrogens is 234 g/mol. The standard InChI is InChI=1S/C14H18ClNO/c1-8-5-10-6-11(7-12(15)13(10)17-8)14(3-4-14)9(2)16/h6-9H,3-5,16H2,1-2H3. The first kappa shape index (κ1) is 11.4. The second-order valence-corrected chi connectivity index (χ2v) is 5.93. The fraction of sp³-hybridized carbons (Fsp3) is 0.571. The van der Waals surface area contributed by atoms with Crippen molar-refractivity contribution in [3.8, 4) is 5.75 Å². The molecule has 0 saturated heterocycles. The highest BCUT2D eigenvalue weighted by atomic mass is 35.5. The largest absolute Gasteiger partial charge is 0.489 e. The third-order valence-corrected chi connectivity index (χ3v) is 4.46. The third kappa shape index (κ3) is 1.66. The number of benzene rings is 1. The zero-order chi connectivity index (χ0) is 12.2. The molecular formula is C14H18ClNO. The van der Waals surface area contributed by atoms with Gasteiger partial charge in [-0.05, 0) is 43.9 Å². The fourth-order valence-corrected chi connectivity index (χ4v) is 3.20. The van der Waals surface area contributed by atoms with E-state index in [2.05, 4.69) is 26.0 Å². The van der Waals surface area contributed by atoms with Gasteiger partial charge in [0.2, 0.25) is 0 Å². The summed E-state index contributed by atoms with van der Waals surface area (Å²) in [5, 5.41) is 0.744. The van der Waals surface area contributed by atoms with E-state index in [1.807, 2.05) is 0 Å². The van der Waals surface area contributed by atoms with Crippen molar-refractivity contribution in [2.75, 3.05) is 0 Å². The summed E-state index contributed by atoms with van der Waals surface area (Å²) in [7, 11) is 0. The van der Waals surface area contributed by atoms with Crippen LogP contribution in [0.3, 0.4) is 0 Å². The van der Waals surface area contributed by atoms with E-state index >= 15 is 0 Å². The molecule has 1 saturated carbocycles. The molecule has 2 aliphatic rings. The van der Waals surface area contributed by atoms with E-state index in [1.165, 1.54) is 24.0 Å². The van der Waals surface area contributed by atoms with Gasteiger partial charge in [-0.1, -0.05) is 17.7 Å². The van der Waals surface area contributed by atoms with E-state index in [0.29, 0.717) is 0 Å². The van der Waals surface area contributed by atoms with Crippen molar-refractivity contribution in [1.82, 2.24) is 0 Å². The Balaban J connectivity index is 2.04. The maximum absolute atomic E-state index is 6.31. The maximum atomic E-state index is 6.31. The highest BCUT2D eigenvalue weighted by molar-refractivity contribution is 6.32. The SMILES string of the molecule is CC1Cc2cc(C3(C(C)N)CC3)cc(Cl)c2O1. The second-order valence-electron chi connectivity index (χ2n) is 5.52. The van der Waals surface area contributed by atoms with Crippen molar-refractivity contribution in [3.05, 3.63) is 28.3 Å². The van der Waals surface area contributed by atoms with Crippen LogP contribution < -0.4 is 10.5 Å². The number of nitrogens with two attached hydrogens (primary N) is 1. The molecule has 0 radical (unpaired) electrons. The van der Waals surface area contributed by atoms with Gasteiger partial charge in [-0.3, -0.25) is 0 Å². The lowest BCUT2D eigenvalue weighted by Gasteiger charge is -2.21. The van der Waals surface area contributed by atoms with Crippen LogP contribution in [0.1, 0.15) is 37.8 Å². The van der Waals surface area contributed by atoms with Crippen molar-refractivity contribution in [3.63, 3.8) is 0 Å². The first-order chi connectivity index (χ1) is 8.03. The molecule has 0 amide bonds. The first-order valence-electron chi connectivity index (χ1n) is 6.28. The Morgan fingerprint density at radius 3 is 2.76 bits per heavy atom. The van der Waals surface area contributed by atoms with Crippen LogP contribution in [-0.2, 0) is 11.8 Å². The summed E-state index contributed by atoms with van der Waals surface area (Å²) in [6.07, 6.45) is 3.55. The van der Waals surface area contributed by atoms with E-state index < -0.39 is 0 Å². The topological polar surface area (TPSA) is 35.2 Å². The number of hydrogen-bond acceptors (Lipinski definition) is 2. The summed E-state index contributed by atoms with van der Waals surface area (Å²) in [5.74, 6) is 0.878. The molecule has 1 aromatic rings. The average Bonchev–Trinajstić information content (AvgIpc) is 2.97. The molecule has 2 nitrogen and oxygen atoms in total. The zero-order valence-electron chi connectivity index (χ0n) is 10.3. The molecule has 0 bridgehead atoms. The number of ether oxygens (including phenoxy) is 1. The number of rotatable bonds is 2. The molecule has 0 aromatic heterocycles. The lowest BCUT2D eigenvalue weighted by molar-refractivity contribution is 0.255. The van der Waals surface area contributed by atoms with Crippen LogP contribution in [0, 0.1) is 0 Å². The van der Waals surface area contributed by atoms with Crippen molar-refractivity contribution in [2.45, 2.75) is 50.7 Å². The predicted molar refractivity (Wildman–Crippen MR) is 69.8 cm³/mol. The second kappa shape index (κ2) is 3.63. The molecule has 1 heterocycles. The van der Waals surface area contributed by atoms with E-state index in [4.69, 9.17) is 22.1 Å². The number of halogens is 1. The van der Waals surface area contributed by atoms with E-state index in [0.717, 1.165) is 17.2 Å². The maximum Gasteiger partial charge on any atom is 0.141 e. The van der Waals surface area contributed by atoms with Gasteiger partial charge in [0.05, 0.1) is 5.02 Å². The quantitative estimate of drug-likeness (QED) is 0.877. The number of hydrogen-bond donors (Lipinski definition) is 1.